The van der Waals surface area contributed by atoms with E-state index in [2.05, 4.69) is 5.32 Å². The average Bonchev–Trinajstić information content (AvgIpc) is 2.81. The fraction of sp³-hybridized carbons (Fsp3) is 0.167. The van der Waals surface area contributed by atoms with Crippen molar-refractivity contribution in [2.24, 2.45) is 0 Å². The molecule has 4 nitrogen and oxygen atoms in total. The highest BCUT2D eigenvalue weighted by Crippen LogP contribution is 2.45. The number of benzene rings is 3. The number of alkyl halides is 7. The Hall–Kier alpha value is -3.16. The Morgan fingerprint density at radius 3 is 1.97 bits per heavy atom. The van der Waals surface area contributed by atoms with Crippen LogP contribution in [0.4, 0.5) is 36.4 Å². The number of carbonyl (C=O) groups is 2. The van der Waals surface area contributed by atoms with Crippen LogP contribution in [-0.2, 0) is 0 Å². The van der Waals surface area contributed by atoms with Gasteiger partial charge in [0.1, 0.15) is 0 Å². The Morgan fingerprint density at radius 1 is 0.750 bits per heavy atom. The van der Waals surface area contributed by atoms with Gasteiger partial charge in [0.25, 0.3) is 11.8 Å². The van der Waals surface area contributed by atoms with Crippen LogP contribution in [0.2, 0.25) is 0 Å². The van der Waals surface area contributed by atoms with Gasteiger partial charge in [-0.1, -0.05) is 48.5 Å². The van der Waals surface area contributed by atoms with Crippen molar-refractivity contribution in [3.8, 4) is 11.1 Å². The Labute approximate surface area is 214 Å². The standard InChI is InChI=1S/C24H16F7IN2O2/c25-22(23(26,27)28,24(29,30)31)13-33-20(35)15-8-4-9-16(12-15)34-21(36)18-11-5-10-17(19(18)32)14-6-2-1-3-7-14/h1-12H,13H2,(H,33,35)(H,34,36). The molecule has 0 unspecified atom stereocenters. The quantitative estimate of drug-likeness (QED) is 0.235. The van der Waals surface area contributed by atoms with Crippen LogP contribution in [-0.4, -0.2) is 36.4 Å². The molecular formula is C24H16F7IN2O2. The van der Waals surface area contributed by atoms with E-state index < -0.39 is 36.4 Å². The Balaban J connectivity index is 1.77. The number of carbonyl (C=O) groups excluding carboxylic acids is 2. The molecular weight excluding hydrogens is 608 g/mol. The summed E-state index contributed by atoms with van der Waals surface area (Å²) < 4.78 is 90.6. The maximum absolute atomic E-state index is 13.8. The van der Waals surface area contributed by atoms with Gasteiger partial charge >= 0.3 is 18.0 Å². The minimum absolute atomic E-state index is 0.0479. The SMILES string of the molecule is O=C(NCC(F)(C(F)(F)F)C(F)(F)F)c1cccc(NC(=O)c2cccc(-c3ccccc3)c2I)c1. The summed E-state index contributed by atoms with van der Waals surface area (Å²) >= 11 is 2.01. The molecule has 0 heterocycles. The van der Waals surface area contributed by atoms with Crippen molar-refractivity contribution in [3.05, 3.63) is 87.5 Å². The van der Waals surface area contributed by atoms with Crippen molar-refractivity contribution in [1.82, 2.24) is 5.32 Å². The highest BCUT2D eigenvalue weighted by molar-refractivity contribution is 14.1. The van der Waals surface area contributed by atoms with Gasteiger partial charge in [-0.2, -0.15) is 26.3 Å². The lowest BCUT2D eigenvalue weighted by molar-refractivity contribution is -0.338. The predicted molar refractivity (Wildman–Crippen MR) is 127 cm³/mol. The van der Waals surface area contributed by atoms with Gasteiger partial charge in [0, 0.05) is 14.8 Å². The van der Waals surface area contributed by atoms with E-state index in [1.807, 2.05) is 59.0 Å². The first kappa shape index (κ1) is 27.4. The maximum Gasteiger partial charge on any atom is 0.433 e. The normalized spacial score (nSPS) is 12.2. The molecule has 2 amide bonds. The highest BCUT2D eigenvalue weighted by atomic mass is 127. The summed E-state index contributed by atoms with van der Waals surface area (Å²) in [5, 5.41) is 3.87. The molecule has 190 valence electrons. The average molecular weight is 624 g/mol. The summed E-state index contributed by atoms with van der Waals surface area (Å²) in [5.74, 6) is -1.95. The highest BCUT2D eigenvalue weighted by Gasteiger charge is 2.72. The lowest BCUT2D eigenvalue weighted by atomic mass is 10.0. The van der Waals surface area contributed by atoms with E-state index in [1.54, 1.807) is 12.1 Å². The van der Waals surface area contributed by atoms with Gasteiger partial charge in [0.05, 0.1) is 12.1 Å². The van der Waals surface area contributed by atoms with Crippen molar-refractivity contribution < 1.29 is 40.3 Å². The molecule has 3 aromatic rings. The molecule has 3 rings (SSSR count). The molecule has 0 aliphatic carbocycles. The molecule has 2 N–H and O–H groups in total. The third-order valence-corrected chi connectivity index (χ3v) is 6.26. The first-order valence-corrected chi connectivity index (χ1v) is 11.2. The van der Waals surface area contributed by atoms with Crippen LogP contribution in [0.5, 0.6) is 0 Å². The largest absolute Gasteiger partial charge is 0.433 e. The molecule has 36 heavy (non-hydrogen) atoms. The summed E-state index contributed by atoms with van der Waals surface area (Å²) in [6.45, 7) is -2.36. The van der Waals surface area contributed by atoms with Gasteiger partial charge in [0.15, 0.2) is 0 Å². The maximum atomic E-state index is 13.8. The summed E-state index contributed by atoms with van der Waals surface area (Å²) in [6.07, 6.45) is -12.6. The van der Waals surface area contributed by atoms with Crippen LogP contribution in [0.3, 0.4) is 0 Å². The van der Waals surface area contributed by atoms with E-state index in [4.69, 9.17) is 0 Å². The van der Waals surface area contributed by atoms with E-state index >= 15 is 0 Å². The van der Waals surface area contributed by atoms with Crippen LogP contribution in [0.15, 0.2) is 72.8 Å². The Kier molecular flexibility index (Phi) is 7.96. The first-order valence-electron chi connectivity index (χ1n) is 10.1. The van der Waals surface area contributed by atoms with Gasteiger partial charge in [-0.15, -0.1) is 0 Å². The predicted octanol–water partition coefficient (Wildman–Crippen LogP) is 6.77. The van der Waals surface area contributed by atoms with Crippen LogP contribution >= 0.6 is 22.6 Å². The number of nitrogens with one attached hydrogen (secondary N) is 2. The molecule has 0 aliphatic heterocycles. The number of anilines is 1. The third kappa shape index (κ3) is 5.79. The van der Waals surface area contributed by atoms with Crippen molar-refractivity contribution >= 4 is 40.1 Å². The van der Waals surface area contributed by atoms with E-state index in [0.717, 1.165) is 23.3 Å². The minimum Gasteiger partial charge on any atom is -0.348 e. The van der Waals surface area contributed by atoms with Gasteiger partial charge < -0.3 is 10.6 Å². The van der Waals surface area contributed by atoms with E-state index in [9.17, 15) is 40.3 Å². The Bertz CT molecular complexity index is 1250. The Morgan fingerprint density at radius 2 is 1.36 bits per heavy atom. The number of amides is 2. The smallest absolute Gasteiger partial charge is 0.348 e. The monoisotopic (exact) mass is 624 g/mol. The zero-order valence-electron chi connectivity index (χ0n) is 18.0. The second kappa shape index (κ2) is 10.4. The van der Waals surface area contributed by atoms with Crippen LogP contribution in [0.25, 0.3) is 11.1 Å². The molecule has 0 saturated heterocycles. The van der Waals surface area contributed by atoms with E-state index in [0.29, 0.717) is 9.13 Å². The number of rotatable bonds is 6. The third-order valence-electron chi connectivity index (χ3n) is 5.10. The van der Waals surface area contributed by atoms with E-state index in [-0.39, 0.29) is 11.3 Å². The number of hydrogen-bond acceptors (Lipinski definition) is 2. The van der Waals surface area contributed by atoms with Gasteiger partial charge in [0.2, 0.25) is 0 Å². The fourth-order valence-corrected chi connectivity index (χ4v) is 4.07. The van der Waals surface area contributed by atoms with Gasteiger partial charge in [-0.05, 0) is 58.0 Å². The molecule has 12 heteroatoms. The summed E-state index contributed by atoms with van der Waals surface area (Å²) in [5.41, 5.74) is -4.00. The second-order valence-corrected chi connectivity index (χ2v) is 8.63. The zero-order valence-corrected chi connectivity index (χ0v) is 20.1. The lowest BCUT2D eigenvalue weighted by Crippen LogP contribution is -2.59. The zero-order chi connectivity index (χ0) is 26.7. The molecule has 3 aromatic carbocycles. The fourth-order valence-electron chi connectivity index (χ4n) is 3.15. The van der Waals surface area contributed by atoms with Gasteiger partial charge in [-0.25, -0.2) is 4.39 Å². The first-order chi connectivity index (χ1) is 16.7. The minimum atomic E-state index is -6.29. The molecule has 0 atom stereocenters. The molecule has 0 aliphatic rings. The topological polar surface area (TPSA) is 58.2 Å². The molecule has 0 aromatic heterocycles. The molecule has 0 fully saturated rings. The second-order valence-electron chi connectivity index (χ2n) is 7.55. The van der Waals surface area contributed by atoms with Crippen molar-refractivity contribution in [2.75, 3.05) is 11.9 Å². The van der Waals surface area contributed by atoms with Crippen molar-refractivity contribution in [3.63, 3.8) is 0 Å². The van der Waals surface area contributed by atoms with Crippen molar-refractivity contribution in [1.29, 1.82) is 0 Å². The molecule has 0 spiro atoms. The molecule has 0 saturated carbocycles. The molecule has 0 bridgehead atoms. The van der Waals surface area contributed by atoms with Crippen LogP contribution in [0, 0.1) is 3.57 Å². The summed E-state index contributed by atoms with van der Waals surface area (Å²) in [7, 11) is 0. The van der Waals surface area contributed by atoms with Crippen molar-refractivity contribution in [2.45, 2.75) is 18.0 Å². The lowest BCUT2D eigenvalue weighted by Gasteiger charge is -2.29. The van der Waals surface area contributed by atoms with E-state index in [1.165, 1.54) is 17.4 Å². The van der Waals surface area contributed by atoms with Crippen LogP contribution in [0.1, 0.15) is 20.7 Å². The molecule has 0 radical (unpaired) electrons. The van der Waals surface area contributed by atoms with Gasteiger partial charge in [-0.3, -0.25) is 9.59 Å². The summed E-state index contributed by atoms with van der Waals surface area (Å²) in [6, 6.07) is 19.1. The number of halogens is 8. The number of hydrogen-bond donors (Lipinski definition) is 2. The summed E-state index contributed by atoms with van der Waals surface area (Å²) in [4.78, 5) is 25.0. The van der Waals surface area contributed by atoms with Crippen LogP contribution < -0.4 is 10.6 Å².